The van der Waals surface area contributed by atoms with E-state index in [4.69, 9.17) is 10.5 Å². The number of rotatable bonds is 4. The summed E-state index contributed by atoms with van der Waals surface area (Å²) < 4.78 is 5.22. The summed E-state index contributed by atoms with van der Waals surface area (Å²) >= 11 is 0. The molecule has 2 atom stereocenters. The van der Waals surface area contributed by atoms with E-state index < -0.39 is 29.7 Å². The van der Waals surface area contributed by atoms with E-state index in [1.807, 2.05) is 24.3 Å². The van der Waals surface area contributed by atoms with Gasteiger partial charge >= 0.3 is 6.09 Å². The van der Waals surface area contributed by atoms with E-state index in [2.05, 4.69) is 15.6 Å². The molecule has 5 N–H and O–H groups in total. The first-order valence-corrected chi connectivity index (χ1v) is 7.75. The van der Waals surface area contributed by atoms with Crippen molar-refractivity contribution in [2.24, 2.45) is 5.73 Å². The first-order chi connectivity index (χ1) is 11.2. The Labute approximate surface area is 140 Å². The third kappa shape index (κ3) is 4.05. The molecule has 0 aliphatic carbocycles. The standard InChI is InChI=1S/C17H24N4O3/c1-17(2,3)24-16(23)21-14(15(22)19-4)13(18)11-9-20-12-8-6-5-7-10(11)12/h5-9,13-14,20H,18H2,1-4H3,(H,19,22)(H,21,23). The molecule has 0 radical (unpaired) electrons. The van der Waals surface area contributed by atoms with Crippen molar-refractivity contribution in [2.75, 3.05) is 7.05 Å². The maximum atomic E-state index is 12.2. The van der Waals surface area contributed by atoms with Gasteiger partial charge in [-0.15, -0.1) is 0 Å². The number of para-hydroxylation sites is 1. The highest BCUT2D eigenvalue weighted by Crippen LogP contribution is 2.25. The molecule has 0 fully saturated rings. The quantitative estimate of drug-likeness (QED) is 0.684. The minimum absolute atomic E-state index is 0.390. The zero-order chi connectivity index (χ0) is 17.9. The number of aromatic amines is 1. The molecule has 7 nitrogen and oxygen atoms in total. The first-order valence-electron chi connectivity index (χ1n) is 7.75. The molecule has 0 saturated carbocycles. The van der Waals surface area contributed by atoms with Crippen molar-refractivity contribution in [3.8, 4) is 0 Å². The fourth-order valence-electron chi connectivity index (χ4n) is 2.46. The molecule has 2 rings (SSSR count). The fourth-order valence-corrected chi connectivity index (χ4v) is 2.46. The molecular weight excluding hydrogens is 308 g/mol. The van der Waals surface area contributed by atoms with Crippen LogP contribution in [0.25, 0.3) is 10.9 Å². The van der Waals surface area contributed by atoms with E-state index in [0.717, 1.165) is 16.5 Å². The predicted octanol–water partition coefficient (Wildman–Crippen LogP) is 1.81. The average Bonchev–Trinajstić information content (AvgIpc) is 2.93. The van der Waals surface area contributed by atoms with E-state index in [1.54, 1.807) is 27.0 Å². The van der Waals surface area contributed by atoms with Gasteiger partial charge in [0.25, 0.3) is 0 Å². The number of alkyl carbamates (subject to hydrolysis) is 1. The molecule has 1 heterocycles. The third-order valence-electron chi connectivity index (χ3n) is 3.54. The van der Waals surface area contributed by atoms with Crippen LogP contribution in [0.5, 0.6) is 0 Å². The second-order valence-electron chi connectivity index (χ2n) is 6.55. The van der Waals surface area contributed by atoms with Gasteiger partial charge in [-0.1, -0.05) is 18.2 Å². The number of H-pyrrole nitrogens is 1. The summed E-state index contributed by atoms with van der Waals surface area (Å²) in [4.78, 5) is 27.4. The van der Waals surface area contributed by atoms with Crippen LogP contribution in [0, 0.1) is 0 Å². The summed E-state index contributed by atoms with van der Waals surface area (Å²) in [6.07, 6.45) is 1.06. The summed E-state index contributed by atoms with van der Waals surface area (Å²) in [7, 11) is 1.49. The van der Waals surface area contributed by atoms with Gasteiger partial charge in [-0.25, -0.2) is 4.79 Å². The number of benzene rings is 1. The lowest BCUT2D eigenvalue weighted by Crippen LogP contribution is -2.52. The van der Waals surface area contributed by atoms with E-state index in [-0.39, 0.29) is 0 Å². The molecule has 0 spiro atoms. The molecule has 24 heavy (non-hydrogen) atoms. The van der Waals surface area contributed by atoms with Crippen molar-refractivity contribution in [3.63, 3.8) is 0 Å². The number of amides is 2. The van der Waals surface area contributed by atoms with E-state index in [0.29, 0.717) is 0 Å². The number of carbonyl (C=O) groups excluding carboxylic acids is 2. The smallest absolute Gasteiger partial charge is 0.408 e. The lowest BCUT2D eigenvalue weighted by Gasteiger charge is -2.26. The minimum atomic E-state index is -0.955. The molecule has 0 aliphatic heterocycles. The molecule has 2 amide bonds. The average molecular weight is 332 g/mol. The van der Waals surface area contributed by atoms with E-state index in [1.165, 1.54) is 7.05 Å². The minimum Gasteiger partial charge on any atom is -0.444 e. The number of hydrogen-bond donors (Lipinski definition) is 4. The summed E-state index contributed by atoms with van der Waals surface area (Å²) in [6, 6.07) is 5.95. The summed E-state index contributed by atoms with van der Waals surface area (Å²) in [5.41, 5.74) is 7.28. The Kier molecular flexibility index (Phi) is 5.14. The van der Waals surface area contributed by atoms with Crippen molar-refractivity contribution in [1.82, 2.24) is 15.6 Å². The van der Waals surface area contributed by atoms with Crippen molar-refractivity contribution >= 4 is 22.9 Å². The Hall–Kier alpha value is -2.54. The predicted molar refractivity (Wildman–Crippen MR) is 92.5 cm³/mol. The maximum absolute atomic E-state index is 12.2. The normalized spacial score (nSPS) is 14.0. The lowest BCUT2D eigenvalue weighted by atomic mass is 9.99. The number of likely N-dealkylation sites (N-methyl/N-ethyl adjacent to an activating group) is 1. The topological polar surface area (TPSA) is 109 Å². The zero-order valence-electron chi connectivity index (χ0n) is 14.3. The van der Waals surface area contributed by atoms with Crippen LogP contribution >= 0.6 is 0 Å². The van der Waals surface area contributed by atoms with E-state index >= 15 is 0 Å². The third-order valence-corrected chi connectivity index (χ3v) is 3.54. The maximum Gasteiger partial charge on any atom is 0.408 e. The van der Waals surface area contributed by atoms with Gasteiger partial charge in [0.05, 0.1) is 6.04 Å². The monoisotopic (exact) mass is 332 g/mol. The molecule has 1 aromatic heterocycles. The van der Waals surface area contributed by atoms with Gasteiger partial charge in [-0.2, -0.15) is 0 Å². The zero-order valence-corrected chi connectivity index (χ0v) is 14.3. The number of aromatic nitrogens is 1. The van der Waals surface area contributed by atoms with E-state index in [9.17, 15) is 9.59 Å². The Morgan fingerprint density at radius 2 is 1.92 bits per heavy atom. The fraction of sp³-hybridized carbons (Fsp3) is 0.412. The number of nitrogens with two attached hydrogens (primary N) is 1. The molecule has 2 unspecified atom stereocenters. The van der Waals surface area contributed by atoms with Crippen LogP contribution in [0.3, 0.4) is 0 Å². The molecule has 0 saturated heterocycles. The van der Waals surface area contributed by atoms with Crippen molar-refractivity contribution in [3.05, 3.63) is 36.0 Å². The Morgan fingerprint density at radius 3 is 2.54 bits per heavy atom. The number of ether oxygens (including phenoxy) is 1. The van der Waals surface area contributed by atoms with Gasteiger partial charge < -0.3 is 26.1 Å². The number of hydrogen-bond acceptors (Lipinski definition) is 4. The highest BCUT2D eigenvalue weighted by molar-refractivity contribution is 5.89. The Morgan fingerprint density at radius 1 is 1.25 bits per heavy atom. The number of nitrogens with one attached hydrogen (secondary N) is 3. The summed E-state index contributed by atoms with van der Waals surface area (Å²) in [5, 5.41) is 6.00. The SMILES string of the molecule is CNC(=O)C(NC(=O)OC(C)(C)C)C(N)c1c[nH]c2ccccc12. The molecule has 0 aliphatic rings. The van der Waals surface area contributed by atoms with Crippen LogP contribution in [0.15, 0.2) is 30.5 Å². The molecule has 1 aromatic carbocycles. The molecule has 130 valence electrons. The lowest BCUT2D eigenvalue weighted by molar-refractivity contribution is -0.123. The van der Waals surface area contributed by atoms with Gasteiger partial charge in [0.2, 0.25) is 5.91 Å². The van der Waals surface area contributed by atoms with Gasteiger partial charge in [0.1, 0.15) is 11.6 Å². The number of carbonyl (C=O) groups is 2. The molecule has 7 heteroatoms. The van der Waals surface area contributed by atoms with Crippen LogP contribution in [0.1, 0.15) is 32.4 Å². The number of fused-ring (bicyclic) bond motifs is 1. The van der Waals surface area contributed by atoms with Gasteiger partial charge in [0.15, 0.2) is 0 Å². The van der Waals surface area contributed by atoms with Crippen LogP contribution < -0.4 is 16.4 Å². The highest BCUT2D eigenvalue weighted by atomic mass is 16.6. The van der Waals surface area contributed by atoms with Crippen LogP contribution in [0.2, 0.25) is 0 Å². The Balaban J connectivity index is 2.27. The highest BCUT2D eigenvalue weighted by Gasteiger charge is 2.31. The summed E-state index contributed by atoms with van der Waals surface area (Å²) in [6.45, 7) is 5.25. The first kappa shape index (κ1) is 17.8. The molecular formula is C17H24N4O3. The van der Waals surface area contributed by atoms with Crippen molar-refractivity contribution < 1.29 is 14.3 Å². The summed E-state index contributed by atoms with van der Waals surface area (Å²) in [5.74, 6) is -0.390. The van der Waals surface area contributed by atoms with Crippen LogP contribution in [-0.2, 0) is 9.53 Å². The van der Waals surface area contributed by atoms with Gasteiger partial charge in [-0.3, -0.25) is 4.79 Å². The van der Waals surface area contributed by atoms with Crippen LogP contribution in [-0.4, -0.2) is 35.7 Å². The second-order valence-corrected chi connectivity index (χ2v) is 6.55. The largest absolute Gasteiger partial charge is 0.444 e. The van der Waals surface area contributed by atoms with Gasteiger partial charge in [0, 0.05) is 24.1 Å². The molecule has 0 bridgehead atoms. The van der Waals surface area contributed by atoms with Crippen molar-refractivity contribution in [1.29, 1.82) is 0 Å². The Bertz CT molecular complexity index is 733. The van der Waals surface area contributed by atoms with Crippen molar-refractivity contribution in [2.45, 2.75) is 38.5 Å². The van der Waals surface area contributed by atoms with Crippen LogP contribution in [0.4, 0.5) is 4.79 Å². The van der Waals surface area contributed by atoms with Gasteiger partial charge in [-0.05, 0) is 32.4 Å². The molecule has 2 aromatic rings. The second kappa shape index (κ2) is 6.92.